The third-order valence-electron chi connectivity index (χ3n) is 2.98. The van der Waals surface area contributed by atoms with Crippen molar-refractivity contribution in [3.63, 3.8) is 0 Å². The summed E-state index contributed by atoms with van der Waals surface area (Å²) < 4.78 is 10.6. The Kier molecular flexibility index (Phi) is 4.70. The first-order chi connectivity index (χ1) is 9.41. The highest BCUT2D eigenvalue weighted by Gasteiger charge is 2.53. The number of carbonyl (C=O) groups excluding carboxylic acids is 3. The number of nitrogens with zero attached hydrogens (tertiary/aromatic N) is 1. The van der Waals surface area contributed by atoms with E-state index in [-0.39, 0.29) is 6.42 Å². The second-order valence-electron chi connectivity index (χ2n) is 7.28. The van der Waals surface area contributed by atoms with E-state index < -0.39 is 28.8 Å². The predicted molar refractivity (Wildman–Crippen MR) is 76.8 cm³/mol. The highest BCUT2D eigenvalue weighted by Crippen LogP contribution is 2.32. The van der Waals surface area contributed by atoms with Crippen LogP contribution in [0.25, 0.3) is 0 Å². The normalized spacial score (nSPS) is 22.9. The van der Waals surface area contributed by atoms with E-state index in [1.54, 1.807) is 41.5 Å². The van der Waals surface area contributed by atoms with E-state index in [0.29, 0.717) is 19.3 Å². The number of ether oxygens (including phenoxy) is 2. The van der Waals surface area contributed by atoms with Gasteiger partial charge in [0.05, 0.1) is 0 Å². The fourth-order valence-corrected chi connectivity index (χ4v) is 2.16. The van der Waals surface area contributed by atoms with Gasteiger partial charge in [-0.2, -0.15) is 0 Å². The van der Waals surface area contributed by atoms with E-state index in [2.05, 4.69) is 0 Å². The first-order valence-corrected chi connectivity index (χ1v) is 7.12. The zero-order valence-electron chi connectivity index (χ0n) is 13.7. The molecular formula is C15H25NO5. The molecule has 0 unspecified atom stereocenters. The molecule has 1 fully saturated rings. The average Bonchev–Trinajstić information content (AvgIpc) is 2.68. The van der Waals surface area contributed by atoms with Crippen molar-refractivity contribution in [2.24, 2.45) is 0 Å². The van der Waals surface area contributed by atoms with Gasteiger partial charge in [-0.05, 0) is 54.4 Å². The highest BCUT2D eigenvalue weighted by molar-refractivity contribution is 6.01. The molecule has 6 heteroatoms. The predicted octanol–water partition coefficient (Wildman–Crippen LogP) is 2.30. The zero-order valence-corrected chi connectivity index (χ0v) is 13.7. The van der Waals surface area contributed by atoms with Gasteiger partial charge >= 0.3 is 12.1 Å². The van der Waals surface area contributed by atoms with E-state index in [0.717, 1.165) is 0 Å². The molecule has 1 aliphatic heterocycles. The van der Waals surface area contributed by atoms with Crippen molar-refractivity contribution in [3.05, 3.63) is 0 Å². The lowest BCUT2D eigenvalue weighted by molar-refractivity contribution is -0.168. The smallest absolute Gasteiger partial charge is 0.411 e. The third kappa shape index (κ3) is 4.19. The molecule has 1 atom stereocenters. The molecule has 0 aromatic carbocycles. The molecule has 1 aliphatic rings. The standard InChI is InChI=1S/C15H25NO5/c1-13(2,3)20-11(18)15(10-17)8-7-9-16(15)12(19)21-14(4,5)6/h10H,7-9H2,1-6H3/t15-/m0/s1. The summed E-state index contributed by atoms with van der Waals surface area (Å²) in [4.78, 5) is 37.4. The highest BCUT2D eigenvalue weighted by atomic mass is 16.6. The fourth-order valence-electron chi connectivity index (χ4n) is 2.16. The van der Waals surface area contributed by atoms with E-state index in [1.807, 2.05) is 0 Å². The van der Waals surface area contributed by atoms with Crippen molar-refractivity contribution in [2.75, 3.05) is 6.54 Å². The summed E-state index contributed by atoms with van der Waals surface area (Å²) in [6.45, 7) is 10.7. The van der Waals surface area contributed by atoms with Crippen LogP contribution >= 0.6 is 0 Å². The number of hydrogen-bond acceptors (Lipinski definition) is 5. The number of hydrogen-bond donors (Lipinski definition) is 0. The Balaban J connectivity index is 3.01. The lowest BCUT2D eigenvalue weighted by Crippen LogP contribution is -2.57. The van der Waals surface area contributed by atoms with Crippen LogP contribution in [0.3, 0.4) is 0 Å². The maximum absolute atomic E-state index is 12.4. The van der Waals surface area contributed by atoms with Crippen molar-refractivity contribution in [3.8, 4) is 0 Å². The molecule has 21 heavy (non-hydrogen) atoms. The van der Waals surface area contributed by atoms with Gasteiger partial charge in [-0.25, -0.2) is 9.59 Å². The van der Waals surface area contributed by atoms with Gasteiger partial charge in [0.2, 0.25) is 0 Å². The SMILES string of the molecule is CC(C)(C)OC(=O)N1CCC[C@]1(C=O)C(=O)OC(C)(C)C. The first kappa shape index (κ1) is 17.5. The zero-order chi connectivity index (χ0) is 16.5. The lowest BCUT2D eigenvalue weighted by Gasteiger charge is -2.35. The Morgan fingerprint density at radius 1 is 1.05 bits per heavy atom. The van der Waals surface area contributed by atoms with Crippen LogP contribution in [0.4, 0.5) is 4.79 Å². The third-order valence-corrected chi connectivity index (χ3v) is 2.98. The quantitative estimate of drug-likeness (QED) is 0.444. The largest absolute Gasteiger partial charge is 0.458 e. The minimum atomic E-state index is -1.57. The van der Waals surface area contributed by atoms with Crippen molar-refractivity contribution in [1.82, 2.24) is 4.90 Å². The summed E-state index contributed by atoms with van der Waals surface area (Å²) in [5.41, 5.74) is -2.99. The molecule has 1 saturated heterocycles. The summed E-state index contributed by atoms with van der Waals surface area (Å²) in [5, 5.41) is 0. The van der Waals surface area contributed by atoms with Crippen molar-refractivity contribution in [2.45, 2.75) is 71.1 Å². The van der Waals surface area contributed by atoms with Crippen molar-refractivity contribution >= 4 is 18.3 Å². The van der Waals surface area contributed by atoms with Crippen LogP contribution in [0.5, 0.6) is 0 Å². The lowest BCUT2D eigenvalue weighted by atomic mass is 9.98. The molecule has 0 saturated carbocycles. The minimum Gasteiger partial charge on any atom is -0.458 e. The summed E-state index contributed by atoms with van der Waals surface area (Å²) in [6, 6.07) is 0. The molecule has 0 aliphatic carbocycles. The van der Waals surface area contributed by atoms with E-state index in [1.165, 1.54) is 4.90 Å². The van der Waals surface area contributed by atoms with Gasteiger partial charge in [0, 0.05) is 6.54 Å². The molecule has 1 heterocycles. The van der Waals surface area contributed by atoms with E-state index in [4.69, 9.17) is 9.47 Å². The molecule has 120 valence electrons. The van der Waals surface area contributed by atoms with E-state index in [9.17, 15) is 14.4 Å². The van der Waals surface area contributed by atoms with E-state index >= 15 is 0 Å². The minimum absolute atomic E-state index is 0.255. The van der Waals surface area contributed by atoms with Gasteiger partial charge in [0.15, 0.2) is 11.8 Å². The van der Waals surface area contributed by atoms with Gasteiger partial charge in [-0.15, -0.1) is 0 Å². The number of rotatable bonds is 2. The van der Waals surface area contributed by atoms with Crippen LogP contribution < -0.4 is 0 Å². The summed E-state index contributed by atoms with van der Waals surface area (Å²) in [6.07, 6.45) is 0.637. The number of esters is 1. The fraction of sp³-hybridized carbons (Fsp3) is 0.800. The number of amides is 1. The van der Waals surface area contributed by atoms with Gasteiger partial charge in [0.25, 0.3) is 0 Å². The van der Waals surface area contributed by atoms with Crippen LogP contribution in [-0.2, 0) is 19.1 Å². The molecular weight excluding hydrogens is 274 g/mol. The maximum Gasteiger partial charge on any atom is 0.411 e. The molecule has 0 aromatic heterocycles. The van der Waals surface area contributed by atoms with Crippen molar-refractivity contribution < 1.29 is 23.9 Å². The summed E-state index contributed by atoms with van der Waals surface area (Å²) in [5.74, 6) is -0.701. The second-order valence-corrected chi connectivity index (χ2v) is 7.28. The number of carbonyl (C=O) groups is 3. The molecule has 0 radical (unpaired) electrons. The Morgan fingerprint density at radius 3 is 2.00 bits per heavy atom. The first-order valence-electron chi connectivity index (χ1n) is 7.12. The Labute approximate surface area is 125 Å². The molecule has 0 aromatic rings. The van der Waals surface area contributed by atoms with Crippen molar-refractivity contribution in [1.29, 1.82) is 0 Å². The molecule has 1 amide bonds. The topological polar surface area (TPSA) is 72.9 Å². The summed E-state index contributed by atoms with van der Waals surface area (Å²) >= 11 is 0. The monoisotopic (exact) mass is 299 g/mol. The number of aldehydes is 1. The average molecular weight is 299 g/mol. The Hall–Kier alpha value is -1.59. The molecule has 0 spiro atoms. The van der Waals surface area contributed by atoms with Crippen LogP contribution in [-0.4, -0.2) is 46.5 Å². The van der Waals surface area contributed by atoms with Gasteiger partial charge in [-0.3, -0.25) is 4.90 Å². The summed E-state index contributed by atoms with van der Waals surface area (Å²) in [7, 11) is 0. The van der Waals surface area contributed by atoms with Crippen LogP contribution in [0.2, 0.25) is 0 Å². The Bertz CT molecular complexity index is 432. The maximum atomic E-state index is 12.4. The molecule has 0 bridgehead atoms. The van der Waals surface area contributed by atoms with Crippen LogP contribution in [0, 0.1) is 0 Å². The van der Waals surface area contributed by atoms with Crippen LogP contribution in [0.15, 0.2) is 0 Å². The van der Waals surface area contributed by atoms with Crippen LogP contribution in [0.1, 0.15) is 54.4 Å². The molecule has 1 rings (SSSR count). The Morgan fingerprint density at radius 2 is 1.57 bits per heavy atom. The second kappa shape index (κ2) is 5.66. The van der Waals surface area contributed by atoms with Gasteiger partial charge in [-0.1, -0.05) is 0 Å². The molecule has 6 nitrogen and oxygen atoms in total. The van der Waals surface area contributed by atoms with Gasteiger partial charge < -0.3 is 14.3 Å². The van der Waals surface area contributed by atoms with Gasteiger partial charge in [0.1, 0.15) is 11.2 Å². The number of likely N-dealkylation sites (tertiary alicyclic amines) is 1. The molecule has 0 N–H and O–H groups in total.